The Morgan fingerprint density at radius 3 is 2.83 bits per heavy atom. The van der Waals surface area contributed by atoms with Crippen LogP contribution < -0.4 is 10.2 Å². The van der Waals surface area contributed by atoms with Gasteiger partial charge in [0.2, 0.25) is 4.77 Å². The summed E-state index contributed by atoms with van der Waals surface area (Å²) in [6, 6.07) is 12.4. The number of nitrogens with one attached hydrogen (secondary N) is 2. The predicted octanol–water partition coefficient (Wildman–Crippen LogP) is 3.80. The third kappa shape index (κ3) is 3.07. The molecule has 0 saturated carbocycles. The summed E-state index contributed by atoms with van der Waals surface area (Å²) in [6.07, 6.45) is 0.800. The van der Waals surface area contributed by atoms with Crippen molar-refractivity contribution >= 4 is 23.0 Å². The van der Waals surface area contributed by atoms with Gasteiger partial charge in [-0.1, -0.05) is 37.3 Å². The molecule has 0 saturated heterocycles. The van der Waals surface area contributed by atoms with E-state index in [1.165, 1.54) is 10.8 Å². The van der Waals surface area contributed by atoms with Crippen molar-refractivity contribution in [1.29, 1.82) is 0 Å². The summed E-state index contributed by atoms with van der Waals surface area (Å²) < 4.78 is 8.20. The van der Waals surface area contributed by atoms with E-state index >= 15 is 0 Å². The fraction of sp³-hybridized carbons (Fsp3) is 0.294. The van der Waals surface area contributed by atoms with Gasteiger partial charge in [-0.25, -0.2) is 4.68 Å². The first-order valence-electron chi connectivity index (χ1n) is 7.78. The lowest BCUT2D eigenvalue weighted by Gasteiger charge is -2.15. The smallest absolute Gasteiger partial charge is 0.214 e. The number of H-pyrrole nitrogens is 1. The quantitative estimate of drug-likeness (QED) is 0.676. The van der Waals surface area contributed by atoms with E-state index in [1.807, 2.05) is 36.7 Å². The number of hydrogen-bond acceptors (Lipinski definition) is 4. The second kappa shape index (κ2) is 6.83. The summed E-state index contributed by atoms with van der Waals surface area (Å²) in [5.74, 6) is 1.78. The Morgan fingerprint density at radius 2 is 2.04 bits per heavy atom. The molecule has 0 fully saturated rings. The molecular formula is C17H20N4OS. The van der Waals surface area contributed by atoms with Crippen molar-refractivity contribution in [1.82, 2.24) is 14.9 Å². The van der Waals surface area contributed by atoms with Crippen LogP contribution in [0.25, 0.3) is 10.8 Å². The number of nitrogens with zero attached hydrogens (tertiary/aromatic N) is 2. The molecule has 1 heterocycles. The topological polar surface area (TPSA) is 54.9 Å². The molecule has 2 N–H and O–H groups in total. The zero-order valence-electron chi connectivity index (χ0n) is 13.3. The van der Waals surface area contributed by atoms with Crippen LogP contribution in [0.2, 0.25) is 0 Å². The van der Waals surface area contributed by atoms with Gasteiger partial charge in [0.1, 0.15) is 5.75 Å². The Bertz CT molecular complexity index is 868. The van der Waals surface area contributed by atoms with Crippen LogP contribution in [-0.4, -0.2) is 21.5 Å². The van der Waals surface area contributed by atoms with Crippen molar-refractivity contribution in [2.24, 2.45) is 0 Å². The second-order valence-electron chi connectivity index (χ2n) is 5.17. The lowest BCUT2D eigenvalue weighted by atomic mass is 10.0. The number of fused-ring (bicyclic) bond motifs is 1. The van der Waals surface area contributed by atoms with E-state index in [1.54, 1.807) is 0 Å². The highest BCUT2D eigenvalue weighted by molar-refractivity contribution is 7.71. The van der Waals surface area contributed by atoms with Crippen LogP contribution >= 0.6 is 12.2 Å². The number of hydrogen-bond donors (Lipinski definition) is 2. The lowest BCUT2D eigenvalue weighted by molar-refractivity contribution is 0.337. The molecule has 120 valence electrons. The average molecular weight is 328 g/mol. The minimum absolute atomic E-state index is 0.569. The van der Waals surface area contributed by atoms with Crippen molar-refractivity contribution in [3.8, 4) is 5.75 Å². The van der Waals surface area contributed by atoms with Gasteiger partial charge in [-0.2, -0.15) is 5.10 Å². The zero-order chi connectivity index (χ0) is 16.2. The number of ether oxygens (including phenoxy) is 1. The van der Waals surface area contributed by atoms with Crippen LogP contribution in [0.3, 0.4) is 0 Å². The minimum atomic E-state index is 0.569. The van der Waals surface area contributed by atoms with Crippen LogP contribution in [-0.2, 0) is 13.0 Å². The standard InChI is InChI=1S/C17H20N4OS/c1-3-16-19-20-17(23)21(16)18-11-14-13-8-6-5-7-12(13)9-10-15(14)22-4-2/h5-10,18H,3-4,11H2,1-2H3,(H,20,23). The largest absolute Gasteiger partial charge is 0.494 e. The number of aryl methyl sites for hydroxylation is 1. The highest BCUT2D eigenvalue weighted by Crippen LogP contribution is 2.28. The third-order valence-corrected chi connectivity index (χ3v) is 4.04. The molecule has 0 unspecified atom stereocenters. The third-order valence-electron chi connectivity index (χ3n) is 3.77. The number of rotatable bonds is 6. The van der Waals surface area contributed by atoms with E-state index in [0.29, 0.717) is 17.9 Å². The SMILES string of the molecule is CCOc1ccc2ccccc2c1CNn1c(CC)n[nH]c1=S. The van der Waals surface area contributed by atoms with E-state index in [9.17, 15) is 0 Å². The van der Waals surface area contributed by atoms with Crippen LogP contribution in [0, 0.1) is 4.77 Å². The average Bonchev–Trinajstić information content (AvgIpc) is 2.94. The van der Waals surface area contributed by atoms with E-state index < -0.39 is 0 Å². The molecule has 5 nitrogen and oxygen atoms in total. The fourth-order valence-electron chi connectivity index (χ4n) is 2.68. The van der Waals surface area contributed by atoms with E-state index in [-0.39, 0.29) is 0 Å². The number of aromatic nitrogens is 3. The summed E-state index contributed by atoms with van der Waals surface area (Å²) in [6.45, 7) is 5.29. The first-order valence-corrected chi connectivity index (χ1v) is 8.19. The zero-order valence-corrected chi connectivity index (χ0v) is 14.1. The normalized spacial score (nSPS) is 10.9. The Hall–Kier alpha value is -2.34. The summed E-state index contributed by atoms with van der Waals surface area (Å²) in [5.41, 5.74) is 4.48. The maximum Gasteiger partial charge on any atom is 0.214 e. The maximum atomic E-state index is 5.80. The van der Waals surface area contributed by atoms with E-state index in [0.717, 1.165) is 23.6 Å². The van der Waals surface area contributed by atoms with Crippen molar-refractivity contribution in [2.75, 3.05) is 12.0 Å². The fourth-order valence-corrected chi connectivity index (χ4v) is 2.89. The van der Waals surface area contributed by atoms with Crippen molar-refractivity contribution in [2.45, 2.75) is 26.8 Å². The summed E-state index contributed by atoms with van der Waals surface area (Å²) in [4.78, 5) is 0. The van der Waals surface area contributed by atoms with Gasteiger partial charge in [-0.15, -0.1) is 0 Å². The predicted molar refractivity (Wildman–Crippen MR) is 95.0 cm³/mol. The molecule has 3 rings (SSSR count). The molecule has 23 heavy (non-hydrogen) atoms. The monoisotopic (exact) mass is 328 g/mol. The summed E-state index contributed by atoms with van der Waals surface area (Å²) in [5, 5.41) is 9.42. The summed E-state index contributed by atoms with van der Waals surface area (Å²) >= 11 is 5.29. The van der Waals surface area contributed by atoms with Crippen molar-refractivity contribution in [3.63, 3.8) is 0 Å². The molecule has 0 aliphatic carbocycles. The summed E-state index contributed by atoms with van der Waals surface area (Å²) in [7, 11) is 0. The molecule has 0 aliphatic heterocycles. The van der Waals surface area contributed by atoms with Crippen LogP contribution in [0.5, 0.6) is 5.75 Å². The van der Waals surface area contributed by atoms with Crippen molar-refractivity contribution in [3.05, 3.63) is 52.6 Å². The minimum Gasteiger partial charge on any atom is -0.494 e. The van der Waals surface area contributed by atoms with Crippen LogP contribution in [0.1, 0.15) is 25.2 Å². The van der Waals surface area contributed by atoms with E-state index in [2.05, 4.69) is 33.8 Å². The Balaban J connectivity index is 1.99. The molecule has 0 amide bonds. The van der Waals surface area contributed by atoms with Crippen LogP contribution in [0.15, 0.2) is 36.4 Å². The number of benzene rings is 2. The highest BCUT2D eigenvalue weighted by atomic mass is 32.1. The van der Waals surface area contributed by atoms with Gasteiger partial charge in [-0.3, -0.25) is 5.10 Å². The highest BCUT2D eigenvalue weighted by Gasteiger charge is 2.10. The van der Waals surface area contributed by atoms with E-state index in [4.69, 9.17) is 17.0 Å². The molecule has 2 aromatic carbocycles. The second-order valence-corrected chi connectivity index (χ2v) is 5.55. The van der Waals surface area contributed by atoms with Gasteiger partial charge < -0.3 is 10.2 Å². The molecule has 1 aromatic heterocycles. The Labute approximate surface area is 140 Å². The first kappa shape index (κ1) is 15.6. The molecule has 3 aromatic rings. The van der Waals surface area contributed by atoms with Gasteiger partial charge >= 0.3 is 0 Å². The van der Waals surface area contributed by atoms with Gasteiger partial charge in [-0.05, 0) is 36.0 Å². The van der Waals surface area contributed by atoms with Crippen molar-refractivity contribution < 1.29 is 4.74 Å². The molecule has 0 aliphatic rings. The van der Waals surface area contributed by atoms with Gasteiger partial charge in [0.25, 0.3) is 0 Å². The Morgan fingerprint density at radius 1 is 1.22 bits per heavy atom. The first-order chi connectivity index (χ1) is 11.2. The van der Waals surface area contributed by atoms with Gasteiger partial charge in [0.15, 0.2) is 5.82 Å². The molecule has 0 spiro atoms. The Kier molecular flexibility index (Phi) is 4.62. The number of aromatic amines is 1. The van der Waals surface area contributed by atoms with Gasteiger partial charge in [0.05, 0.1) is 13.2 Å². The molecular weight excluding hydrogens is 308 g/mol. The molecule has 0 bridgehead atoms. The molecule has 0 radical (unpaired) electrons. The van der Waals surface area contributed by atoms with Gasteiger partial charge in [0, 0.05) is 12.0 Å². The van der Waals surface area contributed by atoms with Crippen LogP contribution in [0.4, 0.5) is 0 Å². The maximum absolute atomic E-state index is 5.80. The lowest BCUT2D eigenvalue weighted by Crippen LogP contribution is -2.18. The molecule has 6 heteroatoms. The molecule has 0 atom stereocenters.